The number of nitrogens with zero attached hydrogens (tertiary/aromatic N) is 4. The van der Waals surface area contributed by atoms with Gasteiger partial charge in [0, 0.05) is 48.2 Å². The van der Waals surface area contributed by atoms with Crippen LogP contribution in [-0.2, 0) is 9.84 Å². The van der Waals surface area contributed by atoms with Gasteiger partial charge in [-0.3, -0.25) is 0 Å². The SMILES string of the molecule is C(#Cc1cnc(NC2CCCC2)nc1)c1ccccc1.CS(=O)(=O)c1ncc(C#Cc2ccccc2)cn1. The van der Waals surface area contributed by atoms with Crippen molar-refractivity contribution in [3.8, 4) is 23.7 Å². The zero-order valence-electron chi connectivity index (χ0n) is 21.0. The van der Waals surface area contributed by atoms with Crippen molar-refractivity contribution in [3.05, 3.63) is 108 Å². The zero-order chi connectivity index (χ0) is 26.6. The van der Waals surface area contributed by atoms with Gasteiger partial charge in [-0.1, -0.05) is 72.9 Å². The van der Waals surface area contributed by atoms with Gasteiger partial charge in [0.05, 0.1) is 11.1 Å². The van der Waals surface area contributed by atoms with Crippen LogP contribution in [0.25, 0.3) is 0 Å². The molecule has 0 amide bonds. The van der Waals surface area contributed by atoms with E-state index in [0.29, 0.717) is 17.6 Å². The number of hydrogen-bond donors (Lipinski definition) is 1. The molecular weight excluding hydrogens is 494 g/mol. The highest BCUT2D eigenvalue weighted by molar-refractivity contribution is 7.90. The normalized spacial score (nSPS) is 12.7. The number of aromatic nitrogens is 4. The fourth-order valence-corrected chi connectivity index (χ4v) is 4.11. The molecule has 4 aromatic rings. The number of sulfone groups is 1. The van der Waals surface area contributed by atoms with E-state index >= 15 is 0 Å². The van der Waals surface area contributed by atoms with Gasteiger partial charge in [-0.25, -0.2) is 28.4 Å². The largest absolute Gasteiger partial charge is 0.351 e. The number of anilines is 1. The van der Waals surface area contributed by atoms with E-state index in [9.17, 15) is 8.42 Å². The molecule has 5 rings (SSSR count). The highest BCUT2D eigenvalue weighted by Gasteiger charge is 2.15. The molecule has 0 unspecified atom stereocenters. The molecule has 1 N–H and O–H groups in total. The van der Waals surface area contributed by atoms with Crippen molar-refractivity contribution in [2.75, 3.05) is 11.6 Å². The molecule has 2 aromatic carbocycles. The predicted octanol–water partition coefficient (Wildman–Crippen LogP) is 4.51. The molecule has 2 aromatic heterocycles. The Morgan fingerprint density at radius 3 is 1.53 bits per heavy atom. The molecule has 1 aliphatic carbocycles. The maximum absolute atomic E-state index is 11.2. The fraction of sp³-hybridized carbons (Fsp3) is 0.200. The van der Waals surface area contributed by atoms with E-state index < -0.39 is 9.84 Å². The lowest BCUT2D eigenvalue weighted by Gasteiger charge is -2.10. The summed E-state index contributed by atoms with van der Waals surface area (Å²) in [6, 6.07) is 19.9. The first-order valence-electron chi connectivity index (χ1n) is 12.2. The highest BCUT2D eigenvalue weighted by atomic mass is 32.2. The van der Waals surface area contributed by atoms with Crippen LogP contribution in [0.4, 0.5) is 5.95 Å². The second-order valence-corrected chi connectivity index (χ2v) is 10.6. The van der Waals surface area contributed by atoms with Gasteiger partial charge in [-0.2, -0.15) is 0 Å². The summed E-state index contributed by atoms with van der Waals surface area (Å²) in [6.45, 7) is 0. The van der Waals surface area contributed by atoms with Crippen LogP contribution in [0.2, 0.25) is 0 Å². The Morgan fingerprint density at radius 2 is 1.08 bits per heavy atom. The Morgan fingerprint density at radius 1 is 0.658 bits per heavy atom. The standard InChI is InChI=1S/C17H17N3.C13H10N2O2S/c1-2-6-14(7-3-1)10-11-15-12-18-17(19-13-15)20-16-8-4-5-9-16;1-18(16,17)13-14-9-12(10-15-13)8-7-11-5-3-2-4-6-11/h1-3,6-7,12-13,16H,4-5,8-9H2,(H,18,19,20);2-6,9-10H,1H3. The van der Waals surface area contributed by atoms with Gasteiger partial charge in [-0.15, -0.1) is 0 Å². The summed E-state index contributed by atoms with van der Waals surface area (Å²) in [6.07, 6.45) is 12.5. The van der Waals surface area contributed by atoms with Crippen LogP contribution in [0, 0.1) is 23.7 Å². The highest BCUT2D eigenvalue weighted by Crippen LogP contribution is 2.20. The van der Waals surface area contributed by atoms with E-state index in [1.807, 2.05) is 60.7 Å². The van der Waals surface area contributed by atoms with Crippen LogP contribution in [-0.4, -0.2) is 40.7 Å². The summed E-state index contributed by atoms with van der Waals surface area (Å²) in [5.74, 6) is 12.7. The first-order chi connectivity index (χ1) is 18.5. The Balaban J connectivity index is 0.000000178. The molecule has 2 heterocycles. The second-order valence-electron chi connectivity index (χ2n) is 8.68. The molecule has 190 valence electrons. The summed E-state index contributed by atoms with van der Waals surface area (Å²) in [5, 5.41) is 3.18. The first kappa shape index (κ1) is 26.5. The molecule has 38 heavy (non-hydrogen) atoms. The van der Waals surface area contributed by atoms with Crippen LogP contribution in [0.3, 0.4) is 0 Å². The van der Waals surface area contributed by atoms with E-state index in [4.69, 9.17) is 0 Å². The average molecular weight is 522 g/mol. The van der Waals surface area contributed by atoms with Crippen LogP contribution >= 0.6 is 0 Å². The Bertz CT molecular complexity index is 1550. The third-order valence-corrected chi connectivity index (χ3v) is 6.42. The van der Waals surface area contributed by atoms with Crippen LogP contribution in [0.1, 0.15) is 47.9 Å². The summed E-state index contributed by atoms with van der Waals surface area (Å²) in [4.78, 5) is 16.2. The molecule has 0 saturated heterocycles. The van der Waals surface area contributed by atoms with Crippen molar-refractivity contribution in [1.82, 2.24) is 19.9 Å². The first-order valence-corrected chi connectivity index (χ1v) is 14.1. The minimum atomic E-state index is -3.36. The lowest BCUT2D eigenvalue weighted by molar-refractivity contribution is 0.593. The van der Waals surface area contributed by atoms with Crippen molar-refractivity contribution in [3.63, 3.8) is 0 Å². The predicted molar refractivity (Wildman–Crippen MR) is 148 cm³/mol. The van der Waals surface area contributed by atoms with Crippen molar-refractivity contribution >= 4 is 15.8 Å². The van der Waals surface area contributed by atoms with Crippen LogP contribution in [0.15, 0.2) is 90.6 Å². The smallest absolute Gasteiger partial charge is 0.246 e. The number of hydrogen-bond acceptors (Lipinski definition) is 7. The monoisotopic (exact) mass is 521 g/mol. The van der Waals surface area contributed by atoms with Gasteiger partial charge in [0.25, 0.3) is 0 Å². The van der Waals surface area contributed by atoms with Gasteiger partial charge in [0.2, 0.25) is 20.9 Å². The summed E-state index contributed by atoms with van der Waals surface area (Å²) in [7, 11) is -3.36. The van der Waals surface area contributed by atoms with Crippen molar-refractivity contribution < 1.29 is 8.42 Å². The lowest BCUT2D eigenvalue weighted by atomic mass is 10.2. The summed E-state index contributed by atoms with van der Waals surface area (Å²) in [5.41, 5.74) is 3.29. The summed E-state index contributed by atoms with van der Waals surface area (Å²) >= 11 is 0. The number of nitrogens with one attached hydrogen (secondary N) is 1. The Hall–Kier alpha value is -4.53. The van der Waals surface area contributed by atoms with E-state index in [0.717, 1.165) is 22.9 Å². The Labute approximate surface area is 223 Å². The van der Waals surface area contributed by atoms with Crippen molar-refractivity contribution in [2.45, 2.75) is 36.9 Å². The van der Waals surface area contributed by atoms with Gasteiger partial charge < -0.3 is 5.32 Å². The van der Waals surface area contributed by atoms with Gasteiger partial charge in [0.15, 0.2) is 0 Å². The average Bonchev–Trinajstić information content (AvgIpc) is 3.46. The number of benzene rings is 2. The van der Waals surface area contributed by atoms with E-state index in [2.05, 4.69) is 48.9 Å². The minimum Gasteiger partial charge on any atom is -0.351 e. The van der Waals surface area contributed by atoms with E-state index in [-0.39, 0.29) is 5.16 Å². The lowest BCUT2D eigenvalue weighted by Crippen LogP contribution is -2.16. The third-order valence-electron chi connectivity index (χ3n) is 5.55. The molecule has 7 nitrogen and oxygen atoms in total. The van der Waals surface area contributed by atoms with Crippen molar-refractivity contribution in [1.29, 1.82) is 0 Å². The maximum Gasteiger partial charge on any atom is 0.246 e. The molecule has 1 saturated carbocycles. The minimum absolute atomic E-state index is 0.187. The topological polar surface area (TPSA) is 97.7 Å². The molecule has 0 spiro atoms. The van der Waals surface area contributed by atoms with Gasteiger partial charge in [-0.05, 0) is 37.1 Å². The Kier molecular flexibility index (Phi) is 9.17. The summed E-state index contributed by atoms with van der Waals surface area (Å²) < 4.78 is 22.3. The van der Waals surface area contributed by atoms with Crippen LogP contribution < -0.4 is 5.32 Å². The van der Waals surface area contributed by atoms with E-state index in [1.54, 1.807) is 12.4 Å². The fourth-order valence-electron chi connectivity index (χ4n) is 3.62. The van der Waals surface area contributed by atoms with Crippen LogP contribution in [0.5, 0.6) is 0 Å². The van der Waals surface area contributed by atoms with Crippen molar-refractivity contribution in [2.24, 2.45) is 0 Å². The molecule has 1 aliphatic rings. The van der Waals surface area contributed by atoms with Gasteiger partial charge in [0.1, 0.15) is 0 Å². The molecular formula is C30H27N5O2S. The maximum atomic E-state index is 11.2. The molecule has 0 atom stereocenters. The molecule has 0 radical (unpaired) electrons. The third kappa shape index (κ3) is 8.55. The zero-order valence-corrected chi connectivity index (χ0v) is 21.8. The van der Waals surface area contributed by atoms with Gasteiger partial charge >= 0.3 is 0 Å². The second kappa shape index (κ2) is 13.1. The quantitative estimate of drug-likeness (QED) is 0.313. The number of rotatable bonds is 3. The molecule has 8 heteroatoms. The molecule has 1 fully saturated rings. The molecule has 0 aliphatic heterocycles. The van der Waals surface area contributed by atoms with E-state index in [1.165, 1.54) is 38.1 Å². The molecule has 0 bridgehead atoms.